The molecule has 0 bridgehead atoms. The number of hydrogen-bond donors (Lipinski definition) is 0. The Morgan fingerprint density at radius 1 is 1.08 bits per heavy atom. The molecule has 1 fully saturated rings. The Hall–Kier alpha value is 1.21. The molecule has 0 atom stereocenters. The third-order valence-corrected chi connectivity index (χ3v) is 2.72. The van der Waals surface area contributed by atoms with E-state index >= 15 is 0 Å². The zero-order chi connectivity index (χ0) is 8.16. The summed E-state index contributed by atoms with van der Waals surface area (Å²) < 4.78 is 0. The van der Waals surface area contributed by atoms with Crippen LogP contribution in [-0.4, -0.2) is 28.7 Å². The van der Waals surface area contributed by atoms with Gasteiger partial charge in [-0.05, 0) is 0 Å². The summed E-state index contributed by atoms with van der Waals surface area (Å²) in [5.74, 6) is 0. The summed E-state index contributed by atoms with van der Waals surface area (Å²) in [6.45, 7) is 2.12. The average molecular weight is 259 g/mol. The maximum atomic E-state index is 11.9. The predicted octanol–water partition coefficient (Wildman–Crippen LogP) is -1.14. The van der Waals surface area contributed by atoms with Crippen LogP contribution in [0.25, 0.3) is 0 Å². The summed E-state index contributed by atoms with van der Waals surface area (Å²) in [7, 11) is 0. The van der Waals surface area contributed by atoms with Crippen molar-refractivity contribution >= 4 is 23.1 Å². The molecule has 3 heteroatoms. The molecular formula is C10H19BrMgO. The van der Waals surface area contributed by atoms with Crippen molar-refractivity contribution in [3.63, 3.8) is 0 Å². The maximum absolute atomic E-state index is 11.9. The molecule has 0 aliphatic heterocycles. The molecule has 1 saturated carbocycles. The van der Waals surface area contributed by atoms with Gasteiger partial charge in [0.05, 0.1) is 0 Å². The first-order valence-corrected chi connectivity index (χ1v) is 4.97. The van der Waals surface area contributed by atoms with E-state index in [1.807, 2.05) is 0 Å². The van der Waals surface area contributed by atoms with Gasteiger partial charge in [-0.3, -0.25) is 0 Å². The quantitative estimate of drug-likeness (QED) is 0.454. The second-order valence-electron chi connectivity index (χ2n) is 3.85. The standard InChI is InChI=1S/C10H19O.BrH.Mg/c1-2-7-10(11)8-5-3-4-6-9-10;;/h2-9H2,1H3;1H;/q-1;;+2/p-1. The molecule has 0 aromatic heterocycles. The van der Waals surface area contributed by atoms with Crippen molar-refractivity contribution < 1.29 is 22.1 Å². The van der Waals surface area contributed by atoms with Gasteiger partial charge in [0.15, 0.2) is 0 Å². The first kappa shape index (κ1) is 16.6. The third kappa shape index (κ3) is 6.31. The molecular weight excluding hydrogens is 240 g/mol. The molecule has 1 aliphatic rings. The van der Waals surface area contributed by atoms with Crippen LogP contribution in [0, 0.1) is 0 Å². The number of rotatable bonds is 2. The van der Waals surface area contributed by atoms with Gasteiger partial charge in [-0.1, -0.05) is 58.3 Å². The zero-order valence-corrected chi connectivity index (χ0v) is 11.7. The zero-order valence-electron chi connectivity index (χ0n) is 8.65. The second kappa shape index (κ2) is 8.51. The van der Waals surface area contributed by atoms with E-state index in [0.29, 0.717) is 0 Å². The van der Waals surface area contributed by atoms with Crippen LogP contribution in [0.15, 0.2) is 0 Å². The smallest absolute Gasteiger partial charge is 1.00 e. The Morgan fingerprint density at radius 2 is 1.54 bits per heavy atom. The molecule has 1 rings (SSSR count). The maximum Gasteiger partial charge on any atom is 2.00 e. The van der Waals surface area contributed by atoms with E-state index in [4.69, 9.17) is 0 Å². The van der Waals surface area contributed by atoms with Crippen molar-refractivity contribution in [1.82, 2.24) is 0 Å². The molecule has 0 radical (unpaired) electrons. The largest absolute Gasteiger partial charge is 2.00 e. The van der Waals surface area contributed by atoms with Gasteiger partial charge in [0.25, 0.3) is 0 Å². The summed E-state index contributed by atoms with van der Waals surface area (Å²) in [6.07, 6.45) is 8.73. The number of hydrogen-bond acceptors (Lipinski definition) is 1. The van der Waals surface area contributed by atoms with Gasteiger partial charge in [-0.2, -0.15) is 0 Å². The van der Waals surface area contributed by atoms with Crippen molar-refractivity contribution in [3.8, 4) is 0 Å². The molecule has 0 unspecified atom stereocenters. The third-order valence-electron chi connectivity index (χ3n) is 2.72. The first-order chi connectivity index (χ1) is 5.27. The fourth-order valence-electron chi connectivity index (χ4n) is 2.08. The molecule has 13 heavy (non-hydrogen) atoms. The molecule has 0 N–H and O–H groups in total. The van der Waals surface area contributed by atoms with Crippen molar-refractivity contribution in [1.29, 1.82) is 0 Å². The van der Waals surface area contributed by atoms with Crippen LogP contribution in [0.5, 0.6) is 0 Å². The fourth-order valence-corrected chi connectivity index (χ4v) is 2.08. The van der Waals surface area contributed by atoms with Crippen LogP contribution in [0.1, 0.15) is 58.3 Å². The van der Waals surface area contributed by atoms with Crippen LogP contribution in [0.4, 0.5) is 0 Å². The molecule has 0 aromatic rings. The summed E-state index contributed by atoms with van der Waals surface area (Å²) in [4.78, 5) is 0. The molecule has 0 heterocycles. The summed E-state index contributed by atoms with van der Waals surface area (Å²) in [5, 5.41) is 11.9. The van der Waals surface area contributed by atoms with E-state index in [-0.39, 0.29) is 40.0 Å². The van der Waals surface area contributed by atoms with Gasteiger partial charge < -0.3 is 22.1 Å². The Kier molecular flexibility index (Phi) is 10.9. The van der Waals surface area contributed by atoms with Crippen LogP contribution in [0.3, 0.4) is 0 Å². The van der Waals surface area contributed by atoms with E-state index in [2.05, 4.69) is 6.92 Å². The van der Waals surface area contributed by atoms with Gasteiger partial charge in [-0.15, -0.1) is 5.60 Å². The van der Waals surface area contributed by atoms with E-state index in [1.165, 1.54) is 25.7 Å². The number of halogens is 1. The summed E-state index contributed by atoms with van der Waals surface area (Å²) >= 11 is 0. The van der Waals surface area contributed by atoms with E-state index in [0.717, 1.165) is 25.7 Å². The van der Waals surface area contributed by atoms with Crippen molar-refractivity contribution in [2.75, 3.05) is 0 Å². The van der Waals surface area contributed by atoms with Crippen molar-refractivity contribution in [2.45, 2.75) is 63.9 Å². The molecule has 0 spiro atoms. The fraction of sp³-hybridized carbons (Fsp3) is 1.00. The monoisotopic (exact) mass is 258 g/mol. The average Bonchev–Trinajstić information content (AvgIpc) is 2.15. The SMILES string of the molecule is CCCC1([O-])CCCCCC1.[Br-].[Mg+2]. The molecule has 0 aromatic carbocycles. The van der Waals surface area contributed by atoms with Gasteiger partial charge in [0.1, 0.15) is 0 Å². The van der Waals surface area contributed by atoms with Gasteiger partial charge in [0.2, 0.25) is 0 Å². The molecule has 0 amide bonds. The van der Waals surface area contributed by atoms with Gasteiger partial charge >= 0.3 is 23.1 Å². The van der Waals surface area contributed by atoms with E-state index in [1.54, 1.807) is 0 Å². The minimum atomic E-state index is -0.536. The summed E-state index contributed by atoms with van der Waals surface area (Å²) in [6, 6.07) is 0. The van der Waals surface area contributed by atoms with Crippen LogP contribution in [-0.2, 0) is 0 Å². The van der Waals surface area contributed by atoms with E-state index < -0.39 is 5.60 Å². The molecule has 1 aliphatic carbocycles. The Morgan fingerprint density at radius 3 is 1.92 bits per heavy atom. The van der Waals surface area contributed by atoms with Crippen LogP contribution < -0.4 is 22.1 Å². The summed E-state index contributed by atoms with van der Waals surface area (Å²) in [5.41, 5.74) is -0.536. The van der Waals surface area contributed by atoms with E-state index in [9.17, 15) is 5.11 Å². The minimum absolute atomic E-state index is 0. The van der Waals surface area contributed by atoms with Crippen molar-refractivity contribution in [2.24, 2.45) is 0 Å². The van der Waals surface area contributed by atoms with Crippen LogP contribution >= 0.6 is 0 Å². The van der Waals surface area contributed by atoms with Gasteiger partial charge in [-0.25, -0.2) is 0 Å². The minimum Gasteiger partial charge on any atom is -1.00 e. The predicted molar refractivity (Wildman–Crippen MR) is 51.1 cm³/mol. The Bertz CT molecular complexity index is 111. The molecule has 74 valence electrons. The normalized spacial score (nSPS) is 20.8. The molecule has 1 nitrogen and oxygen atoms in total. The first-order valence-electron chi connectivity index (χ1n) is 4.97. The van der Waals surface area contributed by atoms with Gasteiger partial charge in [0, 0.05) is 0 Å². The topological polar surface area (TPSA) is 23.1 Å². The molecule has 0 saturated heterocycles. The Labute approximate surface area is 109 Å². The second-order valence-corrected chi connectivity index (χ2v) is 3.85. The van der Waals surface area contributed by atoms with Crippen LogP contribution in [0.2, 0.25) is 0 Å². The Balaban J connectivity index is 0. The van der Waals surface area contributed by atoms with Crippen molar-refractivity contribution in [3.05, 3.63) is 0 Å².